The lowest BCUT2D eigenvalue weighted by Gasteiger charge is -2.34. The highest BCUT2D eigenvalue weighted by atomic mass is 127. The van der Waals surface area contributed by atoms with Crippen molar-refractivity contribution in [3.8, 4) is 11.5 Å². The molecule has 2 aliphatic heterocycles. The third-order valence-electron chi connectivity index (χ3n) is 5.90. The van der Waals surface area contributed by atoms with Gasteiger partial charge in [-0.1, -0.05) is 19.9 Å². The predicted molar refractivity (Wildman–Crippen MR) is 140 cm³/mol. The highest BCUT2D eigenvalue weighted by molar-refractivity contribution is 14.0. The highest BCUT2D eigenvalue weighted by Crippen LogP contribution is 2.35. The van der Waals surface area contributed by atoms with E-state index in [0.717, 1.165) is 49.9 Å². The number of rotatable bonds is 5. The number of hydrogen-bond donors (Lipinski definition) is 2. The fourth-order valence-electron chi connectivity index (χ4n) is 3.95. The Hall–Kier alpha value is -1.68. The standard InChI is InChI=1S/C23H32N4O2S.HI/c1-23(2,17-6-7-19-20(15-17)29-13-12-28-19)16-25-22(24-3)26-18-8-10-27(11-9-18)21-5-4-14-30-21;/h4-7,14-15,18H,8-13,16H2,1-3H3,(H2,24,25,26);1H. The Kier molecular flexibility index (Phi) is 8.32. The van der Waals surface area contributed by atoms with E-state index >= 15 is 0 Å². The summed E-state index contributed by atoms with van der Waals surface area (Å²) in [6, 6.07) is 11.0. The normalized spacial score (nSPS) is 17.1. The van der Waals surface area contributed by atoms with Crippen LogP contribution in [0.25, 0.3) is 0 Å². The summed E-state index contributed by atoms with van der Waals surface area (Å²) >= 11 is 1.82. The number of ether oxygens (including phenoxy) is 2. The number of thiophene rings is 1. The number of anilines is 1. The number of fused-ring (bicyclic) bond motifs is 1. The van der Waals surface area contributed by atoms with Gasteiger partial charge in [0.2, 0.25) is 0 Å². The fraction of sp³-hybridized carbons (Fsp3) is 0.522. The second kappa shape index (κ2) is 10.8. The Morgan fingerprint density at radius 2 is 1.90 bits per heavy atom. The summed E-state index contributed by atoms with van der Waals surface area (Å²) in [5, 5.41) is 10.7. The van der Waals surface area contributed by atoms with Gasteiger partial charge in [-0.15, -0.1) is 35.3 Å². The molecule has 1 aromatic heterocycles. The Balaban J connectivity index is 0.00000272. The molecular formula is C23H33IN4O2S. The second-order valence-electron chi connectivity index (χ2n) is 8.53. The fourth-order valence-corrected chi connectivity index (χ4v) is 4.74. The Bertz CT molecular complexity index is 864. The van der Waals surface area contributed by atoms with E-state index in [4.69, 9.17) is 9.47 Å². The van der Waals surface area contributed by atoms with E-state index < -0.39 is 0 Å². The monoisotopic (exact) mass is 556 g/mol. The maximum atomic E-state index is 5.76. The van der Waals surface area contributed by atoms with Crippen molar-refractivity contribution in [3.63, 3.8) is 0 Å². The topological polar surface area (TPSA) is 58.1 Å². The van der Waals surface area contributed by atoms with Crippen LogP contribution in [0.15, 0.2) is 40.7 Å². The molecule has 31 heavy (non-hydrogen) atoms. The van der Waals surface area contributed by atoms with Crippen LogP contribution in [0.1, 0.15) is 32.3 Å². The minimum absolute atomic E-state index is 0. The summed E-state index contributed by atoms with van der Waals surface area (Å²) in [6.07, 6.45) is 2.23. The van der Waals surface area contributed by atoms with Gasteiger partial charge in [-0.2, -0.15) is 0 Å². The number of nitrogens with one attached hydrogen (secondary N) is 2. The van der Waals surface area contributed by atoms with Crippen LogP contribution in [0, 0.1) is 0 Å². The average molecular weight is 557 g/mol. The molecule has 170 valence electrons. The van der Waals surface area contributed by atoms with Crippen molar-refractivity contribution >= 4 is 46.3 Å². The van der Waals surface area contributed by atoms with Crippen molar-refractivity contribution in [1.82, 2.24) is 10.6 Å². The van der Waals surface area contributed by atoms with Gasteiger partial charge in [0.15, 0.2) is 17.5 Å². The summed E-state index contributed by atoms with van der Waals surface area (Å²) < 4.78 is 11.4. The first-order valence-corrected chi connectivity index (χ1v) is 11.6. The first-order chi connectivity index (χ1) is 14.5. The molecule has 0 bridgehead atoms. The molecule has 2 N–H and O–H groups in total. The third-order valence-corrected chi connectivity index (χ3v) is 6.83. The van der Waals surface area contributed by atoms with Crippen LogP contribution in [0.4, 0.5) is 5.00 Å². The van der Waals surface area contributed by atoms with Crippen LogP contribution in [0.2, 0.25) is 0 Å². The van der Waals surface area contributed by atoms with E-state index in [1.165, 1.54) is 10.6 Å². The van der Waals surface area contributed by atoms with E-state index in [1.54, 1.807) is 0 Å². The summed E-state index contributed by atoms with van der Waals surface area (Å²) in [5.41, 5.74) is 1.15. The average Bonchev–Trinajstić information content (AvgIpc) is 3.31. The first kappa shape index (κ1) is 24.0. The lowest BCUT2D eigenvalue weighted by Crippen LogP contribution is -2.50. The Morgan fingerprint density at radius 3 is 2.58 bits per heavy atom. The Morgan fingerprint density at radius 1 is 1.16 bits per heavy atom. The molecule has 3 heterocycles. The molecule has 0 saturated carbocycles. The molecule has 1 saturated heterocycles. The zero-order valence-electron chi connectivity index (χ0n) is 18.5. The molecule has 0 aliphatic carbocycles. The van der Waals surface area contributed by atoms with Crippen LogP contribution in [-0.4, -0.2) is 51.9 Å². The first-order valence-electron chi connectivity index (χ1n) is 10.7. The summed E-state index contributed by atoms with van der Waals surface area (Å²) in [4.78, 5) is 6.93. The van der Waals surface area contributed by atoms with E-state index in [-0.39, 0.29) is 29.4 Å². The molecule has 6 nitrogen and oxygen atoms in total. The van der Waals surface area contributed by atoms with Crippen molar-refractivity contribution in [3.05, 3.63) is 41.3 Å². The van der Waals surface area contributed by atoms with Gasteiger partial charge < -0.3 is 25.0 Å². The second-order valence-corrected chi connectivity index (χ2v) is 9.45. The number of guanidine groups is 1. The van der Waals surface area contributed by atoms with Gasteiger partial charge in [-0.3, -0.25) is 4.99 Å². The van der Waals surface area contributed by atoms with Crippen molar-refractivity contribution in [2.75, 3.05) is 44.8 Å². The SMILES string of the molecule is CN=C(NCC(C)(C)c1ccc2c(c1)OCCO2)NC1CCN(c2cccs2)CC1.I. The van der Waals surface area contributed by atoms with Gasteiger partial charge in [0, 0.05) is 38.1 Å². The third kappa shape index (κ3) is 5.97. The number of aliphatic imine (C=N–C) groups is 1. The van der Waals surface area contributed by atoms with Gasteiger partial charge in [0.05, 0.1) is 5.00 Å². The van der Waals surface area contributed by atoms with Crippen LogP contribution in [0.5, 0.6) is 11.5 Å². The predicted octanol–water partition coefficient (Wildman–Crippen LogP) is 4.25. The summed E-state index contributed by atoms with van der Waals surface area (Å²) in [7, 11) is 1.84. The summed E-state index contributed by atoms with van der Waals surface area (Å²) in [5.74, 6) is 2.54. The van der Waals surface area contributed by atoms with Gasteiger partial charge in [0.1, 0.15) is 13.2 Å². The minimum atomic E-state index is -0.0734. The van der Waals surface area contributed by atoms with Crippen LogP contribution >= 0.6 is 35.3 Å². The number of hydrogen-bond acceptors (Lipinski definition) is 5. The maximum Gasteiger partial charge on any atom is 0.191 e. The van der Waals surface area contributed by atoms with Crippen molar-refractivity contribution < 1.29 is 9.47 Å². The van der Waals surface area contributed by atoms with Crippen LogP contribution in [0.3, 0.4) is 0 Å². The van der Waals surface area contributed by atoms with Crippen molar-refractivity contribution in [2.24, 2.45) is 4.99 Å². The molecule has 2 aliphatic rings. The van der Waals surface area contributed by atoms with E-state index in [9.17, 15) is 0 Å². The molecule has 0 amide bonds. The minimum Gasteiger partial charge on any atom is -0.486 e. The van der Waals surface area contributed by atoms with Crippen molar-refractivity contribution in [1.29, 1.82) is 0 Å². The van der Waals surface area contributed by atoms with Gasteiger partial charge in [-0.05, 0) is 48.1 Å². The smallest absolute Gasteiger partial charge is 0.191 e. The van der Waals surface area contributed by atoms with Gasteiger partial charge in [0.25, 0.3) is 0 Å². The lowest BCUT2D eigenvalue weighted by atomic mass is 9.84. The molecule has 4 rings (SSSR count). The Labute approximate surface area is 206 Å². The number of piperidine rings is 1. The number of benzene rings is 1. The van der Waals surface area contributed by atoms with E-state index in [2.05, 4.69) is 64.0 Å². The molecular weight excluding hydrogens is 523 g/mol. The van der Waals surface area contributed by atoms with E-state index in [1.807, 2.05) is 24.5 Å². The van der Waals surface area contributed by atoms with Crippen LogP contribution < -0.4 is 25.0 Å². The largest absolute Gasteiger partial charge is 0.486 e. The molecule has 0 radical (unpaired) electrons. The van der Waals surface area contributed by atoms with Crippen molar-refractivity contribution in [2.45, 2.75) is 38.1 Å². The molecule has 0 atom stereocenters. The molecule has 2 aromatic rings. The van der Waals surface area contributed by atoms with Gasteiger partial charge in [-0.25, -0.2) is 0 Å². The molecule has 0 spiro atoms. The molecule has 1 fully saturated rings. The molecule has 0 unspecified atom stereocenters. The zero-order chi connectivity index (χ0) is 21.0. The molecule has 1 aromatic carbocycles. The zero-order valence-corrected chi connectivity index (χ0v) is 21.7. The van der Waals surface area contributed by atoms with Crippen LogP contribution in [-0.2, 0) is 5.41 Å². The lowest BCUT2D eigenvalue weighted by molar-refractivity contribution is 0.171. The summed E-state index contributed by atoms with van der Waals surface area (Å²) in [6.45, 7) is 8.63. The number of halogens is 1. The van der Waals surface area contributed by atoms with E-state index in [0.29, 0.717) is 19.3 Å². The highest BCUT2D eigenvalue weighted by Gasteiger charge is 2.25. The quantitative estimate of drug-likeness (QED) is 0.328. The number of nitrogens with zero attached hydrogens (tertiary/aromatic N) is 2. The molecule has 8 heteroatoms. The maximum absolute atomic E-state index is 5.76. The van der Waals surface area contributed by atoms with Gasteiger partial charge >= 0.3 is 0 Å².